The van der Waals surface area contributed by atoms with Gasteiger partial charge in [-0.3, -0.25) is 4.90 Å². The van der Waals surface area contributed by atoms with Crippen molar-refractivity contribution in [2.75, 3.05) is 13.7 Å². The molecule has 1 aliphatic rings. The zero-order valence-electron chi connectivity index (χ0n) is 15.2. The lowest BCUT2D eigenvalue weighted by Crippen LogP contribution is -2.45. The monoisotopic (exact) mass is 345 g/mol. The van der Waals surface area contributed by atoms with Gasteiger partial charge in [-0.1, -0.05) is 24.2 Å². The van der Waals surface area contributed by atoms with E-state index in [1.807, 2.05) is 31.2 Å². The molecule has 2 aromatic rings. The van der Waals surface area contributed by atoms with Gasteiger partial charge in [-0.05, 0) is 50.4 Å². The number of rotatable bonds is 7. The second-order valence-corrected chi connectivity index (χ2v) is 6.86. The summed E-state index contributed by atoms with van der Waals surface area (Å²) in [5.41, 5.74) is -0.0522. The highest BCUT2D eigenvalue weighted by Gasteiger charge is 2.40. The maximum Gasteiger partial charge on any atom is 0.226 e. The molecule has 136 valence electrons. The van der Waals surface area contributed by atoms with Gasteiger partial charge in [0, 0.05) is 12.5 Å². The predicted molar refractivity (Wildman–Crippen MR) is 94.3 cm³/mol. The molecule has 0 bridgehead atoms. The Bertz CT molecular complexity index is 681. The Morgan fingerprint density at radius 1 is 1.36 bits per heavy atom. The standard InChI is InChI=1S/C19H27N3O3/c1-4-6-18-20-17(21-25-18)13-22-12-5-7-16(22)19(2,23)14-8-10-15(24-3)11-9-14/h8-11,16,23H,4-7,12-13H2,1-3H3. The van der Waals surface area contributed by atoms with E-state index in [9.17, 15) is 5.11 Å². The van der Waals surface area contributed by atoms with E-state index >= 15 is 0 Å². The van der Waals surface area contributed by atoms with Gasteiger partial charge in [0.05, 0.1) is 13.7 Å². The lowest BCUT2D eigenvalue weighted by atomic mass is 9.86. The van der Waals surface area contributed by atoms with Crippen LogP contribution in [-0.2, 0) is 18.6 Å². The smallest absolute Gasteiger partial charge is 0.226 e. The van der Waals surface area contributed by atoms with Gasteiger partial charge in [-0.25, -0.2) is 0 Å². The molecule has 2 unspecified atom stereocenters. The largest absolute Gasteiger partial charge is 0.497 e. The Morgan fingerprint density at radius 3 is 2.80 bits per heavy atom. The summed E-state index contributed by atoms with van der Waals surface area (Å²) in [7, 11) is 1.64. The molecule has 0 radical (unpaired) electrons. The van der Waals surface area contributed by atoms with Crippen molar-refractivity contribution in [2.24, 2.45) is 0 Å². The van der Waals surface area contributed by atoms with Gasteiger partial charge in [0.1, 0.15) is 11.4 Å². The summed E-state index contributed by atoms with van der Waals surface area (Å²) >= 11 is 0. The molecule has 6 heteroatoms. The fourth-order valence-corrected chi connectivity index (χ4v) is 3.62. The second-order valence-electron chi connectivity index (χ2n) is 6.86. The first kappa shape index (κ1) is 17.9. The Morgan fingerprint density at radius 2 is 2.12 bits per heavy atom. The SMILES string of the molecule is CCCc1nc(CN2CCCC2C(C)(O)c2ccc(OC)cc2)no1. The lowest BCUT2D eigenvalue weighted by Gasteiger charge is -2.36. The summed E-state index contributed by atoms with van der Waals surface area (Å²) in [5, 5.41) is 15.3. The summed E-state index contributed by atoms with van der Waals surface area (Å²) in [5.74, 6) is 2.18. The first-order chi connectivity index (χ1) is 12.0. The summed E-state index contributed by atoms with van der Waals surface area (Å²) in [6, 6.07) is 7.67. The van der Waals surface area contributed by atoms with Crippen molar-refractivity contribution in [1.82, 2.24) is 15.0 Å². The van der Waals surface area contributed by atoms with Crippen LogP contribution in [0.25, 0.3) is 0 Å². The number of ether oxygens (including phenoxy) is 1. The van der Waals surface area contributed by atoms with Gasteiger partial charge < -0.3 is 14.4 Å². The van der Waals surface area contributed by atoms with Gasteiger partial charge >= 0.3 is 0 Å². The zero-order chi connectivity index (χ0) is 17.9. The zero-order valence-corrected chi connectivity index (χ0v) is 15.2. The van der Waals surface area contributed by atoms with Gasteiger partial charge in [0.25, 0.3) is 0 Å². The molecule has 1 fully saturated rings. The van der Waals surface area contributed by atoms with Crippen molar-refractivity contribution >= 4 is 0 Å². The molecule has 0 saturated carbocycles. The molecule has 6 nitrogen and oxygen atoms in total. The molecule has 1 saturated heterocycles. The number of aliphatic hydroxyl groups is 1. The minimum atomic E-state index is -0.946. The van der Waals surface area contributed by atoms with Crippen LogP contribution in [0.5, 0.6) is 5.75 Å². The number of aromatic nitrogens is 2. The van der Waals surface area contributed by atoms with E-state index in [4.69, 9.17) is 9.26 Å². The van der Waals surface area contributed by atoms with E-state index in [2.05, 4.69) is 22.0 Å². The van der Waals surface area contributed by atoms with Gasteiger partial charge in [0.15, 0.2) is 5.82 Å². The normalized spacial score (nSPS) is 20.6. The summed E-state index contributed by atoms with van der Waals surface area (Å²) in [6.07, 6.45) is 3.79. The van der Waals surface area contributed by atoms with Crippen LogP contribution < -0.4 is 4.74 Å². The van der Waals surface area contributed by atoms with E-state index in [1.54, 1.807) is 7.11 Å². The quantitative estimate of drug-likeness (QED) is 0.832. The van der Waals surface area contributed by atoms with E-state index in [0.29, 0.717) is 18.3 Å². The average molecular weight is 345 g/mol. The summed E-state index contributed by atoms with van der Waals surface area (Å²) < 4.78 is 10.5. The molecule has 2 atom stereocenters. The van der Waals surface area contributed by atoms with E-state index in [1.165, 1.54) is 0 Å². The third-order valence-electron chi connectivity index (χ3n) is 5.01. The first-order valence-electron chi connectivity index (χ1n) is 8.97. The van der Waals surface area contributed by atoms with Crippen molar-refractivity contribution in [3.05, 3.63) is 41.5 Å². The minimum Gasteiger partial charge on any atom is -0.497 e. The molecule has 0 aliphatic carbocycles. The van der Waals surface area contributed by atoms with Crippen molar-refractivity contribution in [1.29, 1.82) is 0 Å². The lowest BCUT2D eigenvalue weighted by molar-refractivity contribution is -0.0262. The van der Waals surface area contributed by atoms with Crippen LogP contribution in [-0.4, -0.2) is 39.8 Å². The third kappa shape index (κ3) is 3.85. The van der Waals surface area contributed by atoms with Gasteiger partial charge in [-0.15, -0.1) is 0 Å². The van der Waals surface area contributed by atoms with Gasteiger partial charge in [-0.2, -0.15) is 4.98 Å². The third-order valence-corrected chi connectivity index (χ3v) is 5.01. The summed E-state index contributed by atoms with van der Waals surface area (Å²) in [4.78, 5) is 6.71. The number of nitrogens with zero attached hydrogens (tertiary/aromatic N) is 3. The molecular weight excluding hydrogens is 318 g/mol. The van der Waals surface area contributed by atoms with Crippen LogP contribution in [0.3, 0.4) is 0 Å². The van der Waals surface area contributed by atoms with Crippen molar-refractivity contribution in [2.45, 2.75) is 57.7 Å². The van der Waals surface area contributed by atoms with Crippen molar-refractivity contribution < 1.29 is 14.4 Å². The topological polar surface area (TPSA) is 71.6 Å². The van der Waals surface area contributed by atoms with Gasteiger partial charge in [0.2, 0.25) is 5.89 Å². The summed E-state index contributed by atoms with van der Waals surface area (Å²) in [6.45, 7) is 5.50. The number of hydrogen-bond acceptors (Lipinski definition) is 6. The van der Waals surface area contributed by atoms with E-state index < -0.39 is 5.60 Å². The molecule has 2 heterocycles. The highest BCUT2D eigenvalue weighted by molar-refractivity contribution is 5.31. The number of methoxy groups -OCH3 is 1. The Labute approximate surface area is 148 Å². The molecule has 1 aromatic heterocycles. The number of benzene rings is 1. The molecule has 1 N–H and O–H groups in total. The number of hydrogen-bond donors (Lipinski definition) is 1. The second kappa shape index (κ2) is 7.54. The van der Waals surface area contributed by atoms with E-state index in [0.717, 1.165) is 43.5 Å². The Kier molecular flexibility index (Phi) is 5.39. The maximum absolute atomic E-state index is 11.2. The van der Waals surface area contributed by atoms with Crippen molar-refractivity contribution in [3.8, 4) is 5.75 Å². The minimum absolute atomic E-state index is 0.0222. The van der Waals surface area contributed by atoms with Crippen LogP contribution in [0.2, 0.25) is 0 Å². The molecular formula is C19H27N3O3. The molecule has 0 amide bonds. The molecule has 1 aromatic carbocycles. The van der Waals surface area contributed by atoms with Crippen LogP contribution in [0.4, 0.5) is 0 Å². The fourth-order valence-electron chi connectivity index (χ4n) is 3.62. The Hall–Kier alpha value is -1.92. The maximum atomic E-state index is 11.2. The molecule has 25 heavy (non-hydrogen) atoms. The molecule has 3 rings (SSSR count). The number of likely N-dealkylation sites (tertiary alicyclic amines) is 1. The van der Waals surface area contributed by atoms with E-state index in [-0.39, 0.29) is 6.04 Å². The first-order valence-corrected chi connectivity index (χ1v) is 8.97. The number of aryl methyl sites for hydroxylation is 1. The molecule has 1 aliphatic heterocycles. The Balaban J connectivity index is 1.74. The highest BCUT2D eigenvalue weighted by Crippen LogP contribution is 2.35. The van der Waals surface area contributed by atoms with Crippen LogP contribution in [0, 0.1) is 0 Å². The predicted octanol–water partition coefficient (Wildman–Crippen LogP) is 2.90. The van der Waals surface area contributed by atoms with Crippen LogP contribution >= 0.6 is 0 Å². The average Bonchev–Trinajstić information content (AvgIpc) is 3.25. The fraction of sp³-hybridized carbons (Fsp3) is 0.579. The van der Waals surface area contributed by atoms with Crippen LogP contribution in [0.15, 0.2) is 28.8 Å². The molecule has 0 spiro atoms. The highest BCUT2D eigenvalue weighted by atomic mass is 16.5. The van der Waals surface area contributed by atoms with Crippen LogP contribution in [0.1, 0.15) is 50.4 Å². The van der Waals surface area contributed by atoms with Crippen molar-refractivity contribution in [3.63, 3.8) is 0 Å².